The molecule has 0 aromatic heterocycles. The molecule has 1 rings (SSSR count). The predicted octanol–water partition coefficient (Wildman–Crippen LogP) is -0.561. The number of nitrogens with zero attached hydrogens (tertiary/aromatic N) is 1. The monoisotopic (exact) mass is 148 g/mol. The number of hydrogen-bond acceptors (Lipinski definition) is 2. The van der Waals surface area contributed by atoms with E-state index in [-0.39, 0.29) is 6.61 Å². The largest absolute Gasteiger partial charge is 0.615 e. The molecule has 1 unspecified atom stereocenters. The van der Waals surface area contributed by atoms with Gasteiger partial charge in [-0.05, 0) is 11.2 Å². The molecule has 0 aromatic rings. The lowest BCUT2D eigenvalue weighted by atomic mass is 10.6. The highest BCUT2D eigenvalue weighted by molar-refractivity contribution is 7.91. The van der Waals surface area contributed by atoms with E-state index in [0.717, 1.165) is 12.3 Å². The van der Waals surface area contributed by atoms with Crippen LogP contribution in [0.15, 0.2) is 0 Å². The van der Waals surface area contributed by atoms with Gasteiger partial charge in [-0.3, -0.25) is 4.90 Å². The van der Waals surface area contributed by atoms with Crippen LogP contribution in [-0.4, -0.2) is 40.8 Å². The first-order valence-corrected chi connectivity index (χ1v) is 4.47. The van der Waals surface area contributed by atoms with Crippen LogP contribution in [0.25, 0.3) is 0 Å². The van der Waals surface area contributed by atoms with Gasteiger partial charge in [0.05, 0.1) is 6.61 Å². The van der Waals surface area contributed by atoms with Gasteiger partial charge in [-0.25, -0.2) is 5.11 Å². The molecular weight excluding hydrogens is 138 g/mol. The zero-order chi connectivity index (χ0) is 6.69. The van der Waals surface area contributed by atoms with Gasteiger partial charge >= 0.3 is 0 Å². The third kappa shape index (κ3) is 2.14. The van der Waals surface area contributed by atoms with Crippen molar-refractivity contribution in [2.24, 2.45) is 0 Å². The average Bonchev–Trinajstić information content (AvgIpc) is 2.17. The van der Waals surface area contributed by atoms with Crippen molar-refractivity contribution in [3.8, 4) is 0 Å². The Morgan fingerprint density at radius 3 is 2.89 bits per heavy atom. The maximum absolute atomic E-state index is 10.7. The third-order valence-corrected chi connectivity index (χ3v) is 2.66. The van der Waals surface area contributed by atoms with E-state index in [2.05, 4.69) is 0 Å². The molecule has 1 aliphatic rings. The molecule has 0 amide bonds. The van der Waals surface area contributed by atoms with Gasteiger partial charge in [0, 0.05) is 13.1 Å². The summed E-state index contributed by atoms with van der Waals surface area (Å²) in [7, 11) is 0. The predicted molar refractivity (Wildman–Crippen MR) is 35.0 cm³/mol. The summed E-state index contributed by atoms with van der Waals surface area (Å²) in [5, 5.41) is 10.1. The fourth-order valence-corrected chi connectivity index (χ4v) is 2.13. The summed E-state index contributed by atoms with van der Waals surface area (Å²) in [5.74, 6) is 1.36. The second kappa shape index (κ2) is 3.41. The zero-order valence-corrected chi connectivity index (χ0v) is 6.02. The summed E-state index contributed by atoms with van der Waals surface area (Å²) in [6.45, 7) is 1.33. The van der Waals surface area contributed by atoms with E-state index < -0.39 is 11.2 Å². The summed E-state index contributed by atoms with van der Waals surface area (Å²) in [4.78, 5) is 1.95. The van der Waals surface area contributed by atoms with Gasteiger partial charge in [0.1, 0.15) is 5.75 Å². The lowest BCUT2D eigenvalue weighted by Crippen LogP contribution is -2.23. The first-order valence-electron chi connectivity index (χ1n) is 2.98. The molecule has 0 N–H and O–H groups in total. The minimum atomic E-state index is -0.667. The quantitative estimate of drug-likeness (QED) is 0.493. The topological polar surface area (TPSA) is 46.2 Å². The fourth-order valence-electron chi connectivity index (χ4n) is 0.869. The first-order chi connectivity index (χ1) is 4.33. The summed E-state index contributed by atoms with van der Waals surface area (Å²) in [6.07, 6.45) is 0. The van der Waals surface area contributed by atoms with E-state index in [1.54, 1.807) is 0 Å². The van der Waals surface area contributed by atoms with Crippen molar-refractivity contribution in [1.82, 2.24) is 4.90 Å². The normalized spacial score (nSPS) is 29.3. The average molecular weight is 148 g/mol. The van der Waals surface area contributed by atoms with Crippen LogP contribution >= 0.6 is 0 Å². The summed E-state index contributed by atoms with van der Waals surface area (Å²) < 4.78 is 10.7. The van der Waals surface area contributed by atoms with Gasteiger partial charge in [-0.15, -0.1) is 0 Å². The van der Waals surface area contributed by atoms with Crippen molar-refractivity contribution in [2.75, 3.05) is 31.3 Å². The van der Waals surface area contributed by atoms with Crippen molar-refractivity contribution < 1.29 is 9.66 Å². The Kier molecular flexibility index (Phi) is 2.78. The van der Waals surface area contributed by atoms with Crippen LogP contribution in [0.2, 0.25) is 0 Å². The first kappa shape index (κ1) is 7.34. The van der Waals surface area contributed by atoms with Crippen molar-refractivity contribution in [3.05, 3.63) is 0 Å². The lowest BCUT2D eigenvalue weighted by molar-refractivity contribution is 0.156. The number of rotatable bonds is 2. The molecule has 4 heteroatoms. The van der Waals surface area contributed by atoms with Crippen LogP contribution in [-0.2, 0) is 16.3 Å². The van der Waals surface area contributed by atoms with E-state index in [9.17, 15) is 9.66 Å². The summed E-state index contributed by atoms with van der Waals surface area (Å²) in [5.41, 5.74) is 0. The molecule has 1 radical (unpaired) electrons. The van der Waals surface area contributed by atoms with Gasteiger partial charge in [0.15, 0.2) is 5.88 Å². The van der Waals surface area contributed by atoms with Crippen LogP contribution in [0.4, 0.5) is 0 Å². The standard InChI is InChI=1S/C5H10NO2S/c7-3-1-6-2-4-9(8)5-6/h1-5H2. The highest BCUT2D eigenvalue weighted by Gasteiger charge is 2.21. The van der Waals surface area contributed by atoms with Gasteiger partial charge in [-0.2, -0.15) is 0 Å². The van der Waals surface area contributed by atoms with Crippen molar-refractivity contribution >= 4 is 11.2 Å². The molecular formula is C5H10NO2S. The maximum atomic E-state index is 10.7. The summed E-state index contributed by atoms with van der Waals surface area (Å²) >= 11 is -0.667. The minimum absolute atomic E-state index is 0.0722. The van der Waals surface area contributed by atoms with E-state index in [1.165, 1.54) is 0 Å². The molecule has 9 heavy (non-hydrogen) atoms. The Hall–Kier alpha value is 0.230. The maximum Gasteiger partial charge on any atom is 0.159 e. The molecule has 1 atom stereocenters. The molecule has 0 saturated carbocycles. The lowest BCUT2D eigenvalue weighted by Gasteiger charge is -2.07. The van der Waals surface area contributed by atoms with Crippen LogP contribution < -0.4 is 0 Å². The Bertz CT molecular complexity index is 89.0. The van der Waals surface area contributed by atoms with Crippen molar-refractivity contribution in [2.45, 2.75) is 0 Å². The van der Waals surface area contributed by atoms with Crippen LogP contribution in [0.1, 0.15) is 0 Å². The zero-order valence-electron chi connectivity index (χ0n) is 5.21. The van der Waals surface area contributed by atoms with Crippen LogP contribution in [0.5, 0.6) is 0 Å². The Morgan fingerprint density at radius 2 is 2.44 bits per heavy atom. The fraction of sp³-hybridized carbons (Fsp3) is 1.00. The molecule has 3 nitrogen and oxygen atoms in total. The molecule has 0 aliphatic carbocycles. The smallest absolute Gasteiger partial charge is 0.159 e. The number of hydrogen-bond donors (Lipinski definition) is 0. The highest BCUT2D eigenvalue weighted by Crippen LogP contribution is 2.05. The Morgan fingerprint density at radius 1 is 1.67 bits per heavy atom. The second-order valence-electron chi connectivity index (χ2n) is 2.10. The molecule has 53 valence electrons. The molecule has 1 saturated heterocycles. The SMILES string of the molecule is [O]CCN1CC[S+]([O-])C1. The van der Waals surface area contributed by atoms with Crippen molar-refractivity contribution in [3.63, 3.8) is 0 Å². The van der Waals surface area contributed by atoms with Gasteiger partial charge in [-0.1, -0.05) is 0 Å². The molecule has 1 fully saturated rings. The second-order valence-corrected chi connectivity index (χ2v) is 3.64. The van der Waals surface area contributed by atoms with Gasteiger partial charge < -0.3 is 4.55 Å². The molecule has 0 spiro atoms. The van der Waals surface area contributed by atoms with Gasteiger partial charge in [0.25, 0.3) is 0 Å². The Balaban J connectivity index is 2.14. The third-order valence-electron chi connectivity index (χ3n) is 1.37. The molecule has 0 aromatic carbocycles. The van der Waals surface area contributed by atoms with Gasteiger partial charge in [0.2, 0.25) is 0 Å². The molecule has 1 heterocycles. The molecule has 1 aliphatic heterocycles. The Labute approximate surface area is 57.8 Å². The van der Waals surface area contributed by atoms with Crippen LogP contribution in [0.3, 0.4) is 0 Å². The summed E-state index contributed by atoms with van der Waals surface area (Å²) in [6, 6.07) is 0. The van der Waals surface area contributed by atoms with Crippen LogP contribution in [0, 0.1) is 0 Å². The highest BCUT2D eigenvalue weighted by atomic mass is 32.2. The van der Waals surface area contributed by atoms with E-state index in [4.69, 9.17) is 0 Å². The van der Waals surface area contributed by atoms with E-state index >= 15 is 0 Å². The van der Waals surface area contributed by atoms with Crippen molar-refractivity contribution in [1.29, 1.82) is 0 Å². The van der Waals surface area contributed by atoms with E-state index in [1.807, 2.05) is 4.90 Å². The van der Waals surface area contributed by atoms with E-state index in [0.29, 0.717) is 12.4 Å². The minimum Gasteiger partial charge on any atom is -0.615 e. The molecule has 0 bridgehead atoms.